The van der Waals surface area contributed by atoms with Crippen LogP contribution in [0.3, 0.4) is 0 Å². The summed E-state index contributed by atoms with van der Waals surface area (Å²) in [7, 11) is 1.92. The highest BCUT2D eigenvalue weighted by Crippen LogP contribution is 2.20. The van der Waals surface area contributed by atoms with Crippen LogP contribution in [0.1, 0.15) is 21.9 Å². The zero-order chi connectivity index (χ0) is 23.3. The summed E-state index contributed by atoms with van der Waals surface area (Å²) in [6.45, 7) is 0.684. The predicted molar refractivity (Wildman–Crippen MR) is 128 cm³/mol. The van der Waals surface area contributed by atoms with Crippen LogP contribution in [0.5, 0.6) is 11.5 Å². The van der Waals surface area contributed by atoms with Gasteiger partial charge in [0.25, 0.3) is 5.91 Å². The standard InChI is InChI=1S/C26H23N5O3/c1-30-14-12-27-25(30)18-34-22-10-8-20(9-11-22)29-26(32)19-5-4-6-23(15-19)33-17-21-16-31-13-3-2-7-24(31)28-21/h2-16H,17-18H2,1H3,(H,29,32). The maximum atomic E-state index is 12.7. The van der Waals surface area contributed by atoms with Gasteiger partial charge in [0, 0.05) is 43.1 Å². The van der Waals surface area contributed by atoms with Crippen molar-refractivity contribution in [3.8, 4) is 11.5 Å². The van der Waals surface area contributed by atoms with E-state index in [4.69, 9.17) is 9.47 Å². The minimum atomic E-state index is -0.222. The molecule has 8 heteroatoms. The number of imidazole rings is 2. The van der Waals surface area contributed by atoms with Gasteiger partial charge in [-0.3, -0.25) is 4.79 Å². The number of carbonyl (C=O) groups excluding carboxylic acids is 1. The molecule has 3 heterocycles. The molecule has 2 aromatic carbocycles. The van der Waals surface area contributed by atoms with Crippen LogP contribution in [-0.4, -0.2) is 24.8 Å². The van der Waals surface area contributed by atoms with Gasteiger partial charge in [-0.2, -0.15) is 0 Å². The first-order chi connectivity index (χ1) is 16.6. The molecule has 170 valence electrons. The van der Waals surface area contributed by atoms with Gasteiger partial charge in [-0.15, -0.1) is 0 Å². The molecule has 0 atom stereocenters. The largest absolute Gasteiger partial charge is 0.487 e. The summed E-state index contributed by atoms with van der Waals surface area (Å²) in [5.41, 5.74) is 2.85. The van der Waals surface area contributed by atoms with E-state index in [1.165, 1.54) is 0 Å². The van der Waals surface area contributed by atoms with Crippen molar-refractivity contribution >= 4 is 17.2 Å². The van der Waals surface area contributed by atoms with Crippen molar-refractivity contribution in [1.29, 1.82) is 0 Å². The van der Waals surface area contributed by atoms with E-state index in [-0.39, 0.29) is 5.91 Å². The van der Waals surface area contributed by atoms with Crippen molar-refractivity contribution in [2.45, 2.75) is 13.2 Å². The van der Waals surface area contributed by atoms with E-state index in [0.717, 1.165) is 17.2 Å². The SMILES string of the molecule is Cn1ccnc1COc1ccc(NC(=O)c2cccc(OCc3cn4ccccc4n3)c2)cc1. The van der Waals surface area contributed by atoms with E-state index in [1.807, 2.05) is 71.0 Å². The molecule has 1 N–H and O–H groups in total. The molecule has 8 nitrogen and oxygen atoms in total. The molecule has 0 saturated heterocycles. The quantitative estimate of drug-likeness (QED) is 0.375. The second kappa shape index (κ2) is 9.50. The number of rotatable bonds is 8. The van der Waals surface area contributed by atoms with Crippen LogP contribution in [-0.2, 0) is 20.3 Å². The number of anilines is 1. The predicted octanol–water partition coefficient (Wildman–Crippen LogP) is 4.48. The smallest absolute Gasteiger partial charge is 0.255 e. The van der Waals surface area contributed by atoms with E-state index in [9.17, 15) is 4.79 Å². The van der Waals surface area contributed by atoms with Crippen LogP contribution < -0.4 is 14.8 Å². The summed E-state index contributed by atoms with van der Waals surface area (Å²) >= 11 is 0. The molecule has 34 heavy (non-hydrogen) atoms. The number of carbonyl (C=O) groups is 1. The maximum absolute atomic E-state index is 12.7. The van der Waals surface area contributed by atoms with Gasteiger partial charge in [0.1, 0.15) is 36.2 Å². The number of ether oxygens (including phenoxy) is 2. The van der Waals surface area contributed by atoms with Crippen LogP contribution in [0, 0.1) is 0 Å². The second-order valence-corrected chi connectivity index (χ2v) is 7.74. The summed E-state index contributed by atoms with van der Waals surface area (Å²) in [5.74, 6) is 1.91. The summed E-state index contributed by atoms with van der Waals surface area (Å²) in [6, 6.07) is 20.1. The van der Waals surface area contributed by atoms with Crippen molar-refractivity contribution in [1.82, 2.24) is 18.9 Å². The van der Waals surface area contributed by atoms with Gasteiger partial charge in [0.15, 0.2) is 0 Å². The lowest BCUT2D eigenvalue weighted by Crippen LogP contribution is -2.12. The Balaban J connectivity index is 1.17. The van der Waals surface area contributed by atoms with Crippen LogP contribution in [0.15, 0.2) is 91.5 Å². The molecule has 0 radical (unpaired) electrons. The van der Waals surface area contributed by atoms with Crippen molar-refractivity contribution < 1.29 is 14.3 Å². The van der Waals surface area contributed by atoms with Gasteiger partial charge in [0.2, 0.25) is 0 Å². The Bertz CT molecular complexity index is 1390. The lowest BCUT2D eigenvalue weighted by atomic mass is 10.2. The van der Waals surface area contributed by atoms with Gasteiger partial charge < -0.3 is 23.8 Å². The molecule has 0 aliphatic carbocycles. The van der Waals surface area contributed by atoms with Gasteiger partial charge in [0.05, 0.1) is 5.69 Å². The minimum Gasteiger partial charge on any atom is -0.487 e. The fraction of sp³-hybridized carbons (Fsp3) is 0.115. The zero-order valence-corrected chi connectivity index (χ0v) is 18.6. The lowest BCUT2D eigenvalue weighted by Gasteiger charge is -2.10. The molecule has 3 aromatic heterocycles. The van der Waals surface area contributed by atoms with Crippen molar-refractivity contribution in [3.05, 3.63) is 109 Å². The molecular weight excluding hydrogens is 430 g/mol. The fourth-order valence-corrected chi connectivity index (χ4v) is 3.46. The number of aryl methyl sites for hydroxylation is 1. The van der Waals surface area contributed by atoms with Crippen LogP contribution in [0.25, 0.3) is 5.65 Å². The molecule has 0 aliphatic rings. The number of benzene rings is 2. The van der Waals surface area contributed by atoms with Crippen molar-refractivity contribution in [2.24, 2.45) is 7.05 Å². The van der Waals surface area contributed by atoms with E-state index < -0.39 is 0 Å². The first-order valence-corrected chi connectivity index (χ1v) is 10.8. The average Bonchev–Trinajstić information content (AvgIpc) is 3.48. The van der Waals surface area contributed by atoms with Gasteiger partial charge >= 0.3 is 0 Å². The Labute approximate surface area is 196 Å². The first kappa shape index (κ1) is 21.3. The van der Waals surface area contributed by atoms with Gasteiger partial charge in [-0.05, 0) is 54.6 Å². The molecule has 0 unspecified atom stereocenters. The number of hydrogen-bond acceptors (Lipinski definition) is 5. The van der Waals surface area contributed by atoms with E-state index >= 15 is 0 Å². The van der Waals surface area contributed by atoms with Crippen LogP contribution in [0.2, 0.25) is 0 Å². The number of pyridine rings is 1. The third kappa shape index (κ3) is 4.91. The van der Waals surface area contributed by atoms with E-state index in [1.54, 1.807) is 36.5 Å². The third-order valence-electron chi connectivity index (χ3n) is 5.30. The molecule has 5 aromatic rings. The molecule has 0 saturated carbocycles. The number of aromatic nitrogens is 4. The molecule has 0 fully saturated rings. The highest BCUT2D eigenvalue weighted by atomic mass is 16.5. The molecule has 0 bridgehead atoms. The molecule has 5 rings (SSSR count). The number of fused-ring (bicyclic) bond motifs is 1. The lowest BCUT2D eigenvalue weighted by molar-refractivity contribution is 0.102. The first-order valence-electron chi connectivity index (χ1n) is 10.8. The number of nitrogens with one attached hydrogen (secondary N) is 1. The highest BCUT2D eigenvalue weighted by molar-refractivity contribution is 6.04. The summed E-state index contributed by atoms with van der Waals surface area (Å²) < 4.78 is 15.5. The maximum Gasteiger partial charge on any atom is 0.255 e. The Morgan fingerprint density at radius 1 is 0.941 bits per heavy atom. The van der Waals surface area contributed by atoms with Crippen molar-refractivity contribution in [3.63, 3.8) is 0 Å². The number of hydrogen-bond donors (Lipinski definition) is 1. The Kier molecular flexibility index (Phi) is 5.94. The fourth-order valence-electron chi connectivity index (χ4n) is 3.46. The monoisotopic (exact) mass is 453 g/mol. The van der Waals surface area contributed by atoms with Crippen LogP contribution >= 0.6 is 0 Å². The third-order valence-corrected chi connectivity index (χ3v) is 5.30. The van der Waals surface area contributed by atoms with Crippen LogP contribution in [0.4, 0.5) is 5.69 Å². The summed E-state index contributed by atoms with van der Waals surface area (Å²) in [6.07, 6.45) is 7.47. The topological polar surface area (TPSA) is 82.7 Å². The minimum absolute atomic E-state index is 0.222. The summed E-state index contributed by atoms with van der Waals surface area (Å²) in [5, 5.41) is 2.90. The number of amides is 1. The number of nitrogens with zero attached hydrogens (tertiary/aromatic N) is 4. The Hall–Kier alpha value is -4.59. The van der Waals surface area contributed by atoms with Gasteiger partial charge in [-0.1, -0.05) is 12.1 Å². The molecular formula is C26H23N5O3. The zero-order valence-electron chi connectivity index (χ0n) is 18.6. The Morgan fingerprint density at radius 3 is 2.59 bits per heavy atom. The molecule has 0 aliphatic heterocycles. The highest BCUT2D eigenvalue weighted by Gasteiger charge is 2.09. The van der Waals surface area contributed by atoms with Crippen molar-refractivity contribution in [2.75, 3.05) is 5.32 Å². The Morgan fingerprint density at radius 2 is 1.79 bits per heavy atom. The summed E-state index contributed by atoms with van der Waals surface area (Å²) in [4.78, 5) is 21.5. The molecule has 0 spiro atoms. The molecule has 1 amide bonds. The van der Waals surface area contributed by atoms with Gasteiger partial charge in [-0.25, -0.2) is 9.97 Å². The average molecular weight is 454 g/mol. The van der Waals surface area contributed by atoms with E-state index in [2.05, 4.69) is 15.3 Å². The van der Waals surface area contributed by atoms with E-state index in [0.29, 0.717) is 36.0 Å². The normalized spacial score (nSPS) is 10.9. The second-order valence-electron chi connectivity index (χ2n) is 7.74.